The molecular weight excluding hydrogens is 518 g/mol. The first-order valence-electron chi connectivity index (χ1n) is 14.3. The predicted molar refractivity (Wildman–Crippen MR) is 170 cm³/mol. The van der Waals surface area contributed by atoms with Gasteiger partial charge in [0.05, 0.1) is 0 Å². The van der Waals surface area contributed by atoms with Crippen molar-refractivity contribution >= 4 is 16.9 Å². The third-order valence-corrected chi connectivity index (χ3v) is 7.18. The number of fused-ring (bicyclic) bond motifs is 1. The quantitative estimate of drug-likeness (QED) is 0.181. The summed E-state index contributed by atoms with van der Waals surface area (Å²) in [6, 6.07) is 33.2. The van der Waals surface area contributed by atoms with Crippen molar-refractivity contribution in [1.82, 2.24) is 19.9 Å². The van der Waals surface area contributed by atoms with Crippen molar-refractivity contribution in [1.29, 1.82) is 0 Å². The number of anilines is 1. The first-order chi connectivity index (χ1) is 20.5. The van der Waals surface area contributed by atoms with Gasteiger partial charge in [-0.05, 0) is 53.3 Å². The molecule has 0 fully saturated rings. The van der Waals surface area contributed by atoms with Gasteiger partial charge in [0.2, 0.25) is 5.88 Å². The van der Waals surface area contributed by atoms with Crippen LogP contribution in [0.15, 0.2) is 103 Å². The van der Waals surface area contributed by atoms with Gasteiger partial charge in [-0.3, -0.25) is 4.90 Å². The van der Waals surface area contributed by atoms with Crippen LogP contribution in [0.2, 0.25) is 0 Å². The molecule has 0 aliphatic rings. The van der Waals surface area contributed by atoms with Crippen molar-refractivity contribution in [3.8, 4) is 17.7 Å². The molecule has 1 atom stereocenters. The zero-order valence-electron chi connectivity index (χ0n) is 24.7. The molecule has 0 N–H and O–H groups in total. The molecule has 5 aromatic rings. The molecule has 6 heteroatoms. The third-order valence-electron chi connectivity index (χ3n) is 7.18. The zero-order valence-corrected chi connectivity index (χ0v) is 24.7. The predicted octanol–water partition coefficient (Wildman–Crippen LogP) is 6.60. The minimum Gasteiger partial charge on any atom is -0.474 e. The van der Waals surface area contributed by atoms with Gasteiger partial charge in [0.1, 0.15) is 12.1 Å². The Morgan fingerprint density at radius 2 is 1.45 bits per heavy atom. The van der Waals surface area contributed by atoms with E-state index >= 15 is 0 Å². The van der Waals surface area contributed by atoms with E-state index in [-0.39, 0.29) is 6.04 Å². The molecule has 0 saturated heterocycles. The van der Waals surface area contributed by atoms with Crippen LogP contribution in [-0.2, 0) is 13.1 Å². The van der Waals surface area contributed by atoms with E-state index in [4.69, 9.17) is 14.7 Å². The summed E-state index contributed by atoms with van der Waals surface area (Å²) in [6.07, 6.45) is 1.72. The van der Waals surface area contributed by atoms with Crippen LogP contribution < -0.4 is 9.64 Å². The lowest BCUT2D eigenvalue weighted by atomic mass is 10.0. The Hall–Kier alpha value is -4.73. The fourth-order valence-electron chi connectivity index (χ4n) is 4.86. The minimum absolute atomic E-state index is 0.120. The van der Waals surface area contributed by atoms with E-state index in [1.165, 1.54) is 11.1 Å². The molecular formula is C36H37N5O. The first-order valence-corrected chi connectivity index (χ1v) is 14.3. The highest BCUT2D eigenvalue weighted by Crippen LogP contribution is 2.23. The number of aromatic nitrogens is 3. The van der Waals surface area contributed by atoms with Gasteiger partial charge in [-0.25, -0.2) is 15.0 Å². The Morgan fingerprint density at radius 1 is 0.762 bits per heavy atom. The van der Waals surface area contributed by atoms with Crippen LogP contribution in [0.5, 0.6) is 5.88 Å². The maximum atomic E-state index is 6.52. The van der Waals surface area contributed by atoms with Gasteiger partial charge in [-0.1, -0.05) is 86.5 Å². The van der Waals surface area contributed by atoms with Crippen LogP contribution in [0.4, 0.5) is 5.69 Å². The normalized spacial score (nSPS) is 11.8. The molecule has 0 aliphatic heterocycles. The summed E-state index contributed by atoms with van der Waals surface area (Å²) in [5.74, 6) is 7.25. The maximum Gasteiger partial charge on any atom is 0.249 e. The molecule has 0 aliphatic carbocycles. The van der Waals surface area contributed by atoms with E-state index in [2.05, 4.69) is 113 Å². The fourth-order valence-corrected chi connectivity index (χ4v) is 4.86. The number of hydrogen-bond donors (Lipinski definition) is 0. The van der Waals surface area contributed by atoms with Crippen LogP contribution in [0, 0.1) is 17.8 Å². The lowest BCUT2D eigenvalue weighted by Gasteiger charge is -2.34. The van der Waals surface area contributed by atoms with E-state index in [1.807, 2.05) is 38.4 Å². The molecule has 2 heterocycles. The summed E-state index contributed by atoms with van der Waals surface area (Å²) in [5, 5.41) is 0. The molecule has 5 rings (SSSR count). The number of benzene rings is 3. The van der Waals surface area contributed by atoms with Crippen molar-refractivity contribution in [2.75, 3.05) is 25.6 Å². The van der Waals surface area contributed by atoms with Gasteiger partial charge in [0, 0.05) is 50.7 Å². The highest BCUT2D eigenvalue weighted by molar-refractivity contribution is 5.71. The molecule has 0 saturated carbocycles. The summed E-state index contributed by atoms with van der Waals surface area (Å²) in [7, 11) is 4.03. The largest absolute Gasteiger partial charge is 0.474 e. The summed E-state index contributed by atoms with van der Waals surface area (Å²) in [6.45, 7) is 6.55. The average molecular weight is 556 g/mol. The van der Waals surface area contributed by atoms with E-state index in [0.717, 1.165) is 24.3 Å². The molecule has 212 valence electrons. The molecule has 3 aromatic carbocycles. The van der Waals surface area contributed by atoms with Crippen molar-refractivity contribution < 1.29 is 4.74 Å². The van der Waals surface area contributed by atoms with Crippen LogP contribution in [-0.4, -0.2) is 46.6 Å². The summed E-state index contributed by atoms with van der Waals surface area (Å²) >= 11 is 0. The molecule has 2 aromatic heterocycles. The van der Waals surface area contributed by atoms with Gasteiger partial charge in [-0.15, -0.1) is 0 Å². The standard InChI is InChI=1S/C36H37N5O/c1-27(2)34(41(24-29-13-7-5-8-14-29)25-30-15-9-6-10-16-30)26-42-36-33(38-35-32(39-36)19-12-22-37-35)21-20-28-17-11-18-31(23-28)40(3)4/h5-19,22-23,27,34H,24-26H2,1-4H3/t34-/m1/s1. The minimum atomic E-state index is 0.120. The second-order valence-corrected chi connectivity index (χ2v) is 10.9. The smallest absolute Gasteiger partial charge is 0.249 e. The number of ether oxygens (including phenoxy) is 1. The van der Waals surface area contributed by atoms with Crippen LogP contribution in [0.1, 0.15) is 36.2 Å². The SMILES string of the molecule is CC(C)[C@@H](COc1nc2cccnc2nc1C#Cc1cccc(N(C)C)c1)N(Cc1ccccc1)Cc1ccccc1. The summed E-state index contributed by atoms with van der Waals surface area (Å²) in [5.41, 5.74) is 6.22. The van der Waals surface area contributed by atoms with E-state index in [1.54, 1.807) is 6.20 Å². The van der Waals surface area contributed by atoms with E-state index < -0.39 is 0 Å². The third kappa shape index (κ3) is 7.51. The van der Waals surface area contributed by atoms with E-state index in [0.29, 0.717) is 35.3 Å². The number of hydrogen-bond acceptors (Lipinski definition) is 6. The van der Waals surface area contributed by atoms with Crippen LogP contribution in [0.25, 0.3) is 11.2 Å². The van der Waals surface area contributed by atoms with Crippen molar-refractivity contribution in [2.45, 2.75) is 33.0 Å². The van der Waals surface area contributed by atoms with Gasteiger partial charge >= 0.3 is 0 Å². The summed E-state index contributed by atoms with van der Waals surface area (Å²) in [4.78, 5) is 18.5. The molecule has 0 unspecified atom stereocenters. The molecule has 0 bridgehead atoms. The Kier molecular flexibility index (Phi) is 9.43. The van der Waals surface area contributed by atoms with Crippen LogP contribution >= 0.6 is 0 Å². The van der Waals surface area contributed by atoms with E-state index in [9.17, 15) is 0 Å². The monoisotopic (exact) mass is 555 g/mol. The average Bonchev–Trinajstić information content (AvgIpc) is 3.01. The zero-order chi connectivity index (χ0) is 29.3. The van der Waals surface area contributed by atoms with Gasteiger partial charge in [-0.2, -0.15) is 0 Å². The van der Waals surface area contributed by atoms with Crippen LogP contribution in [0.3, 0.4) is 0 Å². The molecule has 6 nitrogen and oxygen atoms in total. The molecule has 42 heavy (non-hydrogen) atoms. The Morgan fingerprint density at radius 3 is 2.10 bits per heavy atom. The topological polar surface area (TPSA) is 54.4 Å². The highest BCUT2D eigenvalue weighted by Gasteiger charge is 2.24. The van der Waals surface area contributed by atoms with Gasteiger partial charge in [0.25, 0.3) is 0 Å². The van der Waals surface area contributed by atoms with Crippen molar-refractivity contribution in [3.63, 3.8) is 0 Å². The second-order valence-electron chi connectivity index (χ2n) is 10.9. The van der Waals surface area contributed by atoms with Crippen molar-refractivity contribution in [3.05, 3.63) is 126 Å². The lowest BCUT2D eigenvalue weighted by Crippen LogP contribution is -2.42. The second kappa shape index (κ2) is 13.8. The number of nitrogens with zero attached hydrogens (tertiary/aromatic N) is 5. The molecule has 0 amide bonds. The summed E-state index contributed by atoms with van der Waals surface area (Å²) < 4.78 is 6.52. The fraction of sp³-hybridized carbons (Fsp3) is 0.250. The molecule has 0 spiro atoms. The lowest BCUT2D eigenvalue weighted by molar-refractivity contribution is 0.0859. The maximum absolute atomic E-state index is 6.52. The van der Waals surface area contributed by atoms with Crippen molar-refractivity contribution in [2.24, 2.45) is 5.92 Å². The molecule has 0 radical (unpaired) electrons. The Labute approximate surface area is 249 Å². The Balaban J connectivity index is 1.45. The number of pyridine rings is 1. The Bertz CT molecular complexity index is 1620. The van der Waals surface area contributed by atoms with Gasteiger partial charge in [0.15, 0.2) is 11.3 Å². The highest BCUT2D eigenvalue weighted by atomic mass is 16.5. The first kappa shape index (κ1) is 28.8. The van der Waals surface area contributed by atoms with Gasteiger partial charge < -0.3 is 9.64 Å². The number of rotatable bonds is 10.